The summed E-state index contributed by atoms with van der Waals surface area (Å²) < 4.78 is 19.1. The third-order valence-corrected chi connectivity index (χ3v) is 15.0. The molecule has 6 heterocycles. The van der Waals surface area contributed by atoms with E-state index >= 15 is 0 Å². The van der Waals surface area contributed by atoms with Crippen LogP contribution in [-0.4, -0.2) is 22.9 Å². The molecular weight excluding hydrogens is 882 g/mol. The van der Waals surface area contributed by atoms with E-state index in [0.717, 1.165) is 54.4 Å². The molecule has 1 atom stereocenters. The van der Waals surface area contributed by atoms with Crippen LogP contribution in [-0.2, 0) is 33.5 Å². The van der Waals surface area contributed by atoms with Crippen molar-refractivity contribution < 1.29 is 29.9 Å². The van der Waals surface area contributed by atoms with Crippen LogP contribution < -0.4 is 10.4 Å². The smallest absolute Gasteiger partial charge is 0.500 e. The predicted molar refractivity (Wildman–Crippen MR) is 216 cm³/mol. The number of hydrogen-bond acceptors (Lipinski definition) is 4. The Morgan fingerprint density at radius 3 is 2.28 bits per heavy atom. The van der Waals surface area contributed by atoms with Gasteiger partial charge in [-0.1, -0.05) is 142 Å². The van der Waals surface area contributed by atoms with Gasteiger partial charge in [0.1, 0.15) is 20.3 Å². The van der Waals surface area contributed by atoms with Gasteiger partial charge in [-0.2, -0.15) is 23.0 Å². The summed E-state index contributed by atoms with van der Waals surface area (Å²) in [5.74, 6) is 2.03. The Bertz CT molecular complexity index is 2980. The van der Waals surface area contributed by atoms with Crippen LogP contribution in [0.3, 0.4) is 0 Å². The molecule has 6 aromatic heterocycles. The zero-order chi connectivity index (χ0) is 35.4. The first-order chi connectivity index (χ1) is 26.0. The van der Waals surface area contributed by atoms with Gasteiger partial charge >= 0.3 is 21.1 Å². The van der Waals surface area contributed by atoms with Crippen molar-refractivity contribution in [2.24, 2.45) is 7.05 Å². The van der Waals surface area contributed by atoms with Crippen molar-refractivity contribution in [3.63, 3.8) is 0 Å². The Hall–Kier alpha value is -5.20. The van der Waals surface area contributed by atoms with Gasteiger partial charge in [0, 0.05) is 26.4 Å². The number of rotatable bonds is 5. The molecule has 11 rings (SSSR count). The fraction of sp³-hybridized carbons (Fsp3) is 0.109. The van der Waals surface area contributed by atoms with Crippen molar-refractivity contribution in [1.29, 1.82) is 0 Å². The molecule has 0 N–H and O–H groups in total. The first-order valence-corrected chi connectivity index (χ1v) is 20.3. The minimum atomic E-state index is -1.44. The number of benzene rings is 4. The molecule has 0 amide bonds. The van der Waals surface area contributed by atoms with Gasteiger partial charge in [0.05, 0.1) is 11.3 Å². The van der Waals surface area contributed by atoms with Crippen LogP contribution in [0, 0.1) is 12.1 Å². The van der Waals surface area contributed by atoms with E-state index < -0.39 is 8.80 Å². The number of para-hydroxylation sites is 1. The van der Waals surface area contributed by atoms with Gasteiger partial charge in [-0.05, 0) is 49.7 Å². The van der Waals surface area contributed by atoms with Crippen LogP contribution in [0.5, 0.6) is 0 Å². The molecule has 1 radical (unpaired) electrons. The summed E-state index contributed by atoms with van der Waals surface area (Å²) in [6.07, 6.45) is 4.05. The fourth-order valence-corrected chi connectivity index (χ4v) is 12.8. The van der Waals surface area contributed by atoms with E-state index in [0.29, 0.717) is 11.7 Å². The first-order valence-electron chi connectivity index (χ1n) is 17.9. The van der Waals surface area contributed by atoms with Gasteiger partial charge in [0.15, 0.2) is 5.78 Å². The number of aromatic nitrogens is 3. The van der Waals surface area contributed by atoms with Gasteiger partial charge in [0.2, 0.25) is 0 Å². The van der Waals surface area contributed by atoms with E-state index in [-0.39, 0.29) is 32.0 Å². The van der Waals surface area contributed by atoms with Crippen molar-refractivity contribution >= 4 is 73.8 Å². The first kappa shape index (κ1) is 33.4. The van der Waals surface area contributed by atoms with Crippen LogP contribution in [0.1, 0.15) is 41.8 Å². The summed E-state index contributed by atoms with van der Waals surface area (Å²) in [6, 6.07) is 48.9. The van der Waals surface area contributed by atoms with Gasteiger partial charge < -0.3 is 13.4 Å². The number of fused-ring (bicyclic) bond motifs is 8. The molecule has 8 heteroatoms. The molecule has 4 aromatic carbocycles. The van der Waals surface area contributed by atoms with Crippen LogP contribution >= 0.6 is 11.3 Å². The second-order valence-corrected chi connectivity index (χ2v) is 18.0. The molecule has 0 fully saturated rings. The summed E-state index contributed by atoms with van der Waals surface area (Å²) in [6.45, 7) is 4.54. The topological polar surface area (TPSA) is 49.0 Å². The Kier molecular flexibility index (Phi) is 7.68. The zero-order valence-electron chi connectivity index (χ0n) is 29.7. The molecule has 54 heavy (non-hydrogen) atoms. The summed E-state index contributed by atoms with van der Waals surface area (Å²) in [7, 11) is 0.583. The largest absolute Gasteiger partial charge is 2.00 e. The minimum Gasteiger partial charge on any atom is -0.500 e. The number of aryl methyl sites for hydroxylation is 1. The molecule has 1 aliphatic rings. The maximum absolute atomic E-state index is 6.93. The van der Waals surface area contributed by atoms with Crippen molar-refractivity contribution in [2.45, 2.75) is 24.8 Å². The standard InChI is InChI=1S/C46H32N3O2SSi.Pt/c1-46(2)36-20-12-10-19-32(36)42(53(29-14-6-4-7-15-29)30-16-8-5-9-17-30)40-34-25-39(50-45(34)51-43(40)46)49-37-21-13-11-18-31(37)33-24-38-41(47-44(33)49)35(27-52-38)28-22-23-48(3)26-28;/h4-21,23-24,26-27,42H,1-3H3;/q-2;+2. The van der Waals surface area contributed by atoms with Crippen LogP contribution in [0.25, 0.3) is 60.3 Å². The Labute approximate surface area is 332 Å². The molecule has 5 nitrogen and oxygen atoms in total. The molecule has 10 aromatic rings. The van der Waals surface area contributed by atoms with E-state index in [4.69, 9.17) is 13.8 Å². The third-order valence-electron chi connectivity index (χ3n) is 11.0. The Morgan fingerprint density at radius 1 is 0.833 bits per heavy atom. The van der Waals surface area contributed by atoms with Crippen molar-refractivity contribution in [3.05, 3.63) is 168 Å². The zero-order valence-corrected chi connectivity index (χ0v) is 33.8. The van der Waals surface area contributed by atoms with Crippen molar-refractivity contribution in [2.75, 3.05) is 0 Å². The molecule has 1 unspecified atom stereocenters. The maximum Gasteiger partial charge on any atom is 2.00 e. The van der Waals surface area contributed by atoms with Crippen LogP contribution in [0.4, 0.5) is 0 Å². The number of nitrogens with zero attached hydrogens (tertiary/aromatic N) is 3. The van der Waals surface area contributed by atoms with E-state index in [9.17, 15) is 0 Å². The number of thiophene rings is 1. The number of hydrogen-bond donors (Lipinski definition) is 0. The van der Waals surface area contributed by atoms with E-state index in [1.165, 1.54) is 27.1 Å². The van der Waals surface area contributed by atoms with Crippen molar-refractivity contribution in [3.8, 4) is 17.0 Å². The normalized spacial score (nSPS) is 14.9. The van der Waals surface area contributed by atoms with Crippen molar-refractivity contribution in [1.82, 2.24) is 14.1 Å². The monoisotopic (exact) mass is 913 g/mol. The van der Waals surface area contributed by atoms with Gasteiger partial charge in [-0.25, -0.2) is 4.98 Å². The van der Waals surface area contributed by atoms with Gasteiger partial charge in [-0.3, -0.25) is 4.57 Å². The van der Waals surface area contributed by atoms with Crippen LogP contribution in [0.15, 0.2) is 142 Å². The molecule has 0 aliphatic heterocycles. The minimum absolute atomic E-state index is 0. The Morgan fingerprint density at radius 2 is 1.54 bits per heavy atom. The van der Waals surface area contributed by atoms with Crippen LogP contribution in [0.2, 0.25) is 0 Å². The van der Waals surface area contributed by atoms with E-state index in [1.54, 1.807) is 11.3 Å². The average molecular weight is 914 g/mol. The third kappa shape index (κ3) is 4.81. The van der Waals surface area contributed by atoms with Gasteiger partial charge in [0.25, 0.3) is 0 Å². The second kappa shape index (κ2) is 12.4. The number of pyridine rings is 1. The summed E-state index contributed by atoms with van der Waals surface area (Å²) >= 11 is 1.72. The molecule has 263 valence electrons. The molecule has 0 saturated carbocycles. The summed E-state index contributed by atoms with van der Waals surface area (Å²) in [4.78, 5) is 5.39. The fourth-order valence-electron chi connectivity index (χ4n) is 8.62. The predicted octanol–water partition coefficient (Wildman–Crippen LogP) is 9.96. The Balaban J connectivity index is 0.00000361. The summed E-state index contributed by atoms with van der Waals surface area (Å²) in [5.41, 5.74) is 8.41. The molecule has 1 aliphatic carbocycles. The second-order valence-electron chi connectivity index (χ2n) is 14.5. The molecule has 0 spiro atoms. The van der Waals surface area contributed by atoms with E-state index in [1.807, 2.05) is 17.8 Å². The quantitative estimate of drug-likeness (QED) is 0.128. The van der Waals surface area contributed by atoms with Gasteiger partial charge in [-0.15, -0.1) is 11.5 Å². The van der Waals surface area contributed by atoms with E-state index in [2.05, 4.69) is 157 Å². The molecule has 0 saturated heterocycles. The molecular formula is C46H32N3O2PtSSi. The average Bonchev–Trinajstić information content (AvgIpc) is 4.01. The maximum atomic E-state index is 6.93. The molecule has 0 bridgehead atoms. The SMILES string of the molecule is Cn1c[c-]c(-c2csc3cc4c5ccccc5n(-c5[c-]c6c7c(oc6o5)C(C)(C)c5ccccc5C7[Si](c5ccccc5)c5ccccc5)c4nc23)c1.[Pt+2]. The number of furan rings is 2. The summed E-state index contributed by atoms with van der Waals surface area (Å²) in [5, 5.41) is 7.99.